The molecule has 4 aliphatic rings. The molecule has 2 aliphatic heterocycles. The molecule has 2 heterocycles. The number of phenolic OH excluding ortho intramolecular Hbond substituents is 1. The SMILES string of the molecule is COc1cc([C@H]2C3=CC[C@@H]4C(=O)N(c5cc([N+](=O)[O-])c(N(C)C)c([N+](=O)[O-])c5)C(=O)[C@@H]4[C@@H]3C[C@@]3(Cl)C(=O)N(c4ccc(F)cc4)C(=O)[C@@]23Cl)cc(I)c1O. The van der Waals surface area contributed by atoms with Crippen LogP contribution in [0.4, 0.5) is 32.8 Å². The van der Waals surface area contributed by atoms with Gasteiger partial charge >= 0.3 is 11.4 Å². The van der Waals surface area contributed by atoms with Crippen molar-refractivity contribution in [1.29, 1.82) is 0 Å². The van der Waals surface area contributed by atoms with Crippen LogP contribution >= 0.6 is 45.8 Å². The summed E-state index contributed by atoms with van der Waals surface area (Å²) >= 11 is 16.6. The molecule has 54 heavy (non-hydrogen) atoms. The van der Waals surface area contributed by atoms with Gasteiger partial charge in [0.05, 0.1) is 43.7 Å². The first-order chi connectivity index (χ1) is 25.4. The molecule has 3 fully saturated rings. The highest BCUT2D eigenvalue weighted by Gasteiger charge is 2.76. The molecular weight excluding hydrogens is 867 g/mol. The summed E-state index contributed by atoms with van der Waals surface area (Å²) in [6.07, 6.45) is 1.14. The average Bonchev–Trinajstić information content (AvgIpc) is 3.46. The molecule has 2 saturated heterocycles. The number of ether oxygens (including phenoxy) is 1. The lowest BCUT2D eigenvalue weighted by Gasteiger charge is -2.50. The van der Waals surface area contributed by atoms with Crippen molar-refractivity contribution < 1.29 is 43.3 Å². The number of aromatic hydroxyl groups is 1. The molecular formula is C35H27Cl2FIN5O10. The third-order valence-corrected chi connectivity index (χ3v) is 12.9. The molecule has 0 radical (unpaired) electrons. The molecule has 19 heteroatoms. The second kappa shape index (κ2) is 12.9. The number of halogens is 4. The van der Waals surface area contributed by atoms with Gasteiger partial charge in [-0.3, -0.25) is 39.4 Å². The fourth-order valence-electron chi connectivity index (χ4n) is 8.40. The number of carbonyl (C=O) groups is 4. The van der Waals surface area contributed by atoms with Crippen molar-refractivity contribution in [3.63, 3.8) is 0 Å². The van der Waals surface area contributed by atoms with E-state index in [0.717, 1.165) is 29.2 Å². The van der Waals surface area contributed by atoms with Crippen LogP contribution in [0.1, 0.15) is 24.3 Å². The maximum atomic E-state index is 14.6. The Morgan fingerprint density at radius 1 is 0.926 bits per heavy atom. The van der Waals surface area contributed by atoms with Crippen LogP contribution < -0.4 is 19.4 Å². The zero-order valence-corrected chi connectivity index (χ0v) is 32.0. The molecule has 1 N–H and O–H groups in total. The number of amides is 4. The highest BCUT2D eigenvalue weighted by atomic mass is 127. The number of hydrogen-bond donors (Lipinski definition) is 1. The van der Waals surface area contributed by atoms with Gasteiger partial charge in [0.1, 0.15) is 5.82 Å². The largest absolute Gasteiger partial charge is 0.504 e. The third-order valence-electron chi connectivity index (χ3n) is 10.7. The second-order valence-corrected chi connectivity index (χ2v) is 16.0. The van der Waals surface area contributed by atoms with Crippen LogP contribution in [-0.4, -0.2) is 69.5 Å². The van der Waals surface area contributed by atoms with Crippen LogP contribution in [0.25, 0.3) is 0 Å². The van der Waals surface area contributed by atoms with Crippen molar-refractivity contribution in [2.45, 2.75) is 28.5 Å². The van der Waals surface area contributed by atoms with E-state index in [-0.39, 0.29) is 38.4 Å². The van der Waals surface area contributed by atoms with Gasteiger partial charge < -0.3 is 14.7 Å². The quantitative estimate of drug-likeness (QED) is 0.0753. The number of benzene rings is 3. The van der Waals surface area contributed by atoms with E-state index in [2.05, 4.69) is 0 Å². The molecule has 2 aliphatic carbocycles. The first-order valence-electron chi connectivity index (χ1n) is 16.2. The summed E-state index contributed by atoms with van der Waals surface area (Å²) in [4.78, 5) is 78.4. The molecule has 280 valence electrons. The Bertz CT molecular complexity index is 2240. The maximum absolute atomic E-state index is 14.6. The van der Waals surface area contributed by atoms with E-state index in [0.29, 0.717) is 10.5 Å². The van der Waals surface area contributed by atoms with Gasteiger partial charge in [0.25, 0.3) is 11.8 Å². The van der Waals surface area contributed by atoms with Gasteiger partial charge in [-0.1, -0.05) is 11.6 Å². The predicted octanol–water partition coefficient (Wildman–Crippen LogP) is 5.79. The lowest BCUT2D eigenvalue weighted by Crippen LogP contribution is -2.60. The number of fused-ring (bicyclic) bond motifs is 4. The second-order valence-electron chi connectivity index (χ2n) is 13.6. The summed E-state index contributed by atoms with van der Waals surface area (Å²) < 4.78 is 19.6. The summed E-state index contributed by atoms with van der Waals surface area (Å²) in [5.41, 5.74) is -1.52. The van der Waals surface area contributed by atoms with Crippen LogP contribution in [0.15, 0.2) is 60.2 Å². The Balaban J connectivity index is 1.41. The van der Waals surface area contributed by atoms with E-state index in [1.807, 2.05) is 22.6 Å². The van der Waals surface area contributed by atoms with Crippen molar-refractivity contribution in [2.75, 3.05) is 35.9 Å². The van der Waals surface area contributed by atoms with Crippen molar-refractivity contribution >= 4 is 97.9 Å². The molecule has 0 unspecified atom stereocenters. The number of allylic oxidation sites excluding steroid dienone is 2. The lowest BCUT2D eigenvalue weighted by atomic mass is 9.56. The molecule has 4 amide bonds. The summed E-state index contributed by atoms with van der Waals surface area (Å²) in [5, 5.41) is 35.0. The van der Waals surface area contributed by atoms with Crippen molar-refractivity contribution in [1.82, 2.24) is 0 Å². The molecule has 3 aromatic carbocycles. The van der Waals surface area contributed by atoms with E-state index in [9.17, 15) is 48.9 Å². The zero-order chi connectivity index (χ0) is 39.3. The number of carbonyl (C=O) groups excluding carboxylic acids is 4. The molecule has 7 rings (SSSR count). The van der Waals surface area contributed by atoms with Crippen molar-refractivity contribution in [3.05, 3.63) is 95.4 Å². The number of hydrogen-bond acceptors (Lipinski definition) is 11. The van der Waals surface area contributed by atoms with Crippen molar-refractivity contribution in [2.24, 2.45) is 17.8 Å². The summed E-state index contributed by atoms with van der Waals surface area (Å²) in [5.74, 6) is -9.01. The minimum atomic E-state index is -2.27. The number of nitrogens with zero attached hydrogens (tertiary/aromatic N) is 5. The van der Waals surface area contributed by atoms with Gasteiger partial charge in [0, 0.05) is 32.1 Å². The fourth-order valence-corrected chi connectivity index (χ4v) is 9.96. The fraction of sp³-hybridized carbons (Fsp3) is 0.314. The molecule has 3 aromatic rings. The van der Waals surface area contributed by atoms with E-state index in [4.69, 9.17) is 27.9 Å². The van der Waals surface area contributed by atoms with Gasteiger partial charge in [0.15, 0.2) is 26.9 Å². The summed E-state index contributed by atoms with van der Waals surface area (Å²) in [6.45, 7) is 0. The first-order valence-corrected chi connectivity index (χ1v) is 18.0. The molecule has 0 bridgehead atoms. The minimum Gasteiger partial charge on any atom is -0.504 e. The van der Waals surface area contributed by atoms with Gasteiger partial charge in [-0.05, 0) is 83.3 Å². The van der Waals surface area contributed by atoms with Crippen LogP contribution in [0.3, 0.4) is 0 Å². The number of alkyl halides is 2. The number of imide groups is 2. The number of nitro benzene ring substituents is 2. The van der Waals surface area contributed by atoms with Gasteiger partial charge in [-0.15, -0.1) is 23.2 Å². The Hall–Kier alpha value is -4.88. The van der Waals surface area contributed by atoms with Crippen LogP contribution in [-0.2, 0) is 19.2 Å². The van der Waals surface area contributed by atoms with E-state index in [1.165, 1.54) is 50.4 Å². The van der Waals surface area contributed by atoms with Crippen LogP contribution in [0, 0.1) is 47.4 Å². The van der Waals surface area contributed by atoms with Crippen molar-refractivity contribution in [3.8, 4) is 11.5 Å². The smallest absolute Gasteiger partial charge is 0.301 e. The molecule has 6 atom stereocenters. The lowest BCUT2D eigenvalue weighted by molar-refractivity contribution is -0.392. The molecule has 15 nitrogen and oxygen atoms in total. The number of methoxy groups -OCH3 is 1. The van der Waals surface area contributed by atoms with Crippen LogP contribution in [0.5, 0.6) is 11.5 Å². The van der Waals surface area contributed by atoms with E-state index < -0.39 is 96.2 Å². The predicted molar refractivity (Wildman–Crippen MR) is 201 cm³/mol. The average molecular weight is 894 g/mol. The molecule has 1 saturated carbocycles. The van der Waals surface area contributed by atoms with Gasteiger partial charge in [-0.25, -0.2) is 14.2 Å². The highest BCUT2D eigenvalue weighted by Crippen LogP contribution is 2.66. The topological polar surface area (TPSA) is 194 Å². The normalized spacial score (nSPS) is 27.4. The third kappa shape index (κ3) is 5.10. The van der Waals surface area contributed by atoms with E-state index in [1.54, 1.807) is 6.08 Å². The molecule has 0 aromatic heterocycles. The maximum Gasteiger partial charge on any atom is 0.301 e. The number of phenols is 1. The Labute approximate surface area is 328 Å². The number of rotatable bonds is 7. The zero-order valence-electron chi connectivity index (χ0n) is 28.3. The first kappa shape index (κ1) is 37.4. The molecule has 0 spiro atoms. The number of anilines is 3. The van der Waals surface area contributed by atoms with Gasteiger partial charge in [-0.2, -0.15) is 0 Å². The highest BCUT2D eigenvalue weighted by molar-refractivity contribution is 14.1. The Kier molecular flexibility index (Phi) is 8.92. The van der Waals surface area contributed by atoms with Crippen LogP contribution in [0.2, 0.25) is 0 Å². The number of nitro groups is 2. The Morgan fingerprint density at radius 2 is 1.54 bits per heavy atom. The summed E-state index contributed by atoms with van der Waals surface area (Å²) in [6, 6.07) is 9.32. The minimum absolute atomic E-state index is 0.00330. The monoisotopic (exact) mass is 893 g/mol. The summed E-state index contributed by atoms with van der Waals surface area (Å²) in [7, 11) is 4.06. The van der Waals surface area contributed by atoms with E-state index >= 15 is 0 Å². The standard InChI is InChI=1S/C35H27Cl2FIN5O10/c1-40(2)28-23(43(50)51)12-18(13-24(28)44(52)53)41-30(46)20-9-8-19-21(26(20)31(41)47)14-34(36)32(48)42(17-6-4-16(38)5-7-17)33(49)35(34,37)27(19)15-10-22(39)29(45)25(11-15)54-3/h4-8,10-13,20-21,26-27,45H,9,14H2,1-3H3/t20-,21+,26-,27-,34+,35-/m0/s1. The Morgan fingerprint density at radius 3 is 2.09 bits per heavy atom. The van der Waals surface area contributed by atoms with Gasteiger partial charge in [0.2, 0.25) is 11.8 Å².